The SMILES string of the molecule is CNCc1ccccc1-n1cncc1-c1cccc(Br)c1. The monoisotopic (exact) mass is 341 g/mol. The molecular formula is C17H16BrN3. The van der Waals surface area contributed by atoms with E-state index >= 15 is 0 Å². The molecule has 0 bridgehead atoms. The zero-order valence-corrected chi connectivity index (χ0v) is 13.3. The third-order valence-corrected chi connectivity index (χ3v) is 3.87. The maximum absolute atomic E-state index is 4.33. The second-order valence-electron chi connectivity index (χ2n) is 4.82. The van der Waals surface area contributed by atoms with Crippen molar-refractivity contribution < 1.29 is 0 Å². The minimum atomic E-state index is 0.826. The fourth-order valence-electron chi connectivity index (χ4n) is 2.43. The summed E-state index contributed by atoms with van der Waals surface area (Å²) >= 11 is 3.53. The second kappa shape index (κ2) is 6.24. The molecule has 21 heavy (non-hydrogen) atoms. The third-order valence-electron chi connectivity index (χ3n) is 3.38. The quantitative estimate of drug-likeness (QED) is 0.776. The topological polar surface area (TPSA) is 29.9 Å². The van der Waals surface area contributed by atoms with Crippen molar-refractivity contribution in [2.24, 2.45) is 0 Å². The highest BCUT2D eigenvalue weighted by Gasteiger charge is 2.10. The Morgan fingerprint density at radius 3 is 2.81 bits per heavy atom. The van der Waals surface area contributed by atoms with Gasteiger partial charge in [0.2, 0.25) is 0 Å². The van der Waals surface area contributed by atoms with Crippen molar-refractivity contribution in [2.45, 2.75) is 6.54 Å². The van der Waals surface area contributed by atoms with Gasteiger partial charge in [0.1, 0.15) is 0 Å². The van der Waals surface area contributed by atoms with Crippen LogP contribution in [0.15, 0.2) is 65.5 Å². The van der Waals surface area contributed by atoms with Gasteiger partial charge in [-0.05, 0) is 30.8 Å². The number of nitrogens with zero attached hydrogens (tertiary/aromatic N) is 2. The van der Waals surface area contributed by atoms with E-state index in [1.54, 1.807) is 0 Å². The average Bonchev–Trinajstić information content (AvgIpc) is 2.97. The number of benzene rings is 2. The average molecular weight is 342 g/mol. The minimum absolute atomic E-state index is 0.826. The van der Waals surface area contributed by atoms with Gasteiger partial charge >= 0.3 is 0 Å². The fraction of sp³-hybridized carbons (Fsp3) is 0.118. The lowest BCUT2D eigenvalue weighted by Crippen LogP contribution is -2.09. The molecule has 3 rings (SSSR count). The number of hydrogen-bond donors (Lipinski definition) is 1. The Kier molecular flexibility index (Phi) is 4.18. The van der Waals surface area contributed by atoms with Crippen LogP contribution < -0.4 is 5.32 Å². The maximum Gasteiger partial charge on any atom is 0.0997 e. The number of para-hydroxylation sites is 1. The van der Waals surface area contributed by atoms with E-state index in [2.05, 4.69) is 67.2 Å². The first-order valence-electron chi connectivity index (χ1n) is 6.81. The van der Waals surface area contributed by atoms with Crippen LogP contribution >= 0.6 is 15.9 Å². The zero-order valence-electron chi connectivity index (χ0n) is 11.8. The van der Waals surface area contributed by atoms with E-state index in [-0.39, 0.29) is 0 Å². The fourth-order valence-corrected chi connectivity index (χ4v) is 2.83. The van der Waals surface area contributed by atoms with Gasteiger partial charge in [-0.15, -0.1) is 0 Å². The number of aromatic nitrogens is 2. The highest BCUT2D eigenvalue weighted by atomic mass is 79.9. The zero-order chi connectivity index (χ0) is 14.7. The van der Waals surface area contributed by atoms with Gasteiger partial charge in [-0.25, -0.2) is 4.98 Å². The molecule has 0 aliphatic rings. The van der Waals surface area contributed by atoms with Crippen molar-refractivity contribution in [1.29, 1.82) is 0 Å². The van der Waals surface area contributed by atoms with E-state index in [1.165, 1.54) is 5.56 Å². The number of rotatable bonds is 4. The van der Waals surface area contributed by atoms with E-state index in [9.17, 15) is 0 Å². The van der Waals surface area contributed by atoms with Gasteiger partial charge in [-0.1, -0.05) is 46.3 Å². The normalized spacial score (nSPS) is 10.8. The Hall–Kier alpha value is -1.91. The Balaban J connectivity index is 2.11. The van der Waals surface area contributed by atoms with Gasteiger partial charge in [-0.2, -0.15) is 0 Å². The molecular weight excluding hydrogens is 326 g/mol. The predicted octanol–water partition coefficient (Wildman–Crippen LogP) is 4.02. The van der Waals surface area contributed by atoms with Crippen LogP contribution in [0.25, 0.3) is 16.9 Å². The highest BCUT2D eigenvalue weighted by Crippen LogP contribution is 2.26. The molecule has 0 aliphatic heterocycles. The molecule has 0 atom stereocenters. The molecule has 0 fully saturated rings. The molecule has 1 N–H and O–H groups in total. The summed E-state index contributed by atoms with van der Waals surface area (Å²) in [6.45, 7) is 0.826. The van der Waals surface area contributed by atoms with E-state index < -0.39 is 0 Å². The molecule has 2 aromatic carbocycles. The lowest BCUT2D eigenvalue weighted by molar-refractivity contribution is 0.808. The molecule has 1 aromatic heterocycles. The Morgan fingerprint density at radius 1 is 1.14 bits per heavy atom. The molecule has 0 aliphatic carbocycles. The summed E-state index contributed by atoms with van der Waals surface area (Å²) < 4.78 is 3.20. The van der Waals surface area contributed by atoms with E-state index in [4.69, 9.17) is 0 Å². The summed E-state index contributed by atoms with van der Waals surface area (Å²) in [4.78, 5) is 4.33. The number of imidazole rings is 1. The van der Waals surface area contributed by atoms with Crippen LogP contribution in [0.2, 0.25) is 0 Å². The van der Waals surface area contributed by atoms with E-state index in [0.29, 0.717) is 0 Å². The molecule has 0 spiro atoms. The molecule has 106 valence electrons. The maximum atomic E-state index is 4.33. The first kappa shape index (κ1) is 14.0. The summed E-state index contributed by atoms with van der Waals surface area (Å²) in [5.41, 5.74) is 4.62. The van der Waals surface area contributed by atoms with Crippen molar-refractivity contribution in [2.75, 3.05) is 7.05 Å². The molecule has 0 radical (unpaired) electrons. The van der Waals surface area contributed by atoms with Gasteiger partial charge in [0.15, 0.2) is 0 Å². The van der Waals surface area contributed by atoms with Crippen molar-refractivity contribution in [3.63, 3.8) is 0 Å². The van der Waals surface area contributed by atoms with Gasteiger partial charge in [0.05, 0.1) is 23.9 Å². The first-order valence-corrected chi connectivity index (χ1v) is 7.60. The van der Waals surface area contributed by atoms with Crippen molar-refractivity contribution >= 4 is 15.9 Å². The molecule has 1 heterocycles. The molecule has 3 nitrogen and oxygen atoms in total. The molecule has 0 saturated carbocycles. The minimum Gasteiger partial charge on any atom is -0.316 e. The van der Waals surface area contributed by atoms with Crippen molar-refractivity contribution in [1.82, 2.24) is 14.9 Å². The number of halogens is 1. The second-order valence-corrected chi connectivity index (χ2v) is 5.73. The first-order chi connectivity index (χ1) is 10.3. The smallest absolute Gasteiger partial charge is 0.0997 e. The molecule has 3 aromatic rings. The van der Waals surface area contributed by atoms with Gasteiger partial charge in [0.25, 0.3) is 0 Å². The van der Waals surface area contributed by atoms with Gasteiger partial charge in [-0.3, -0.25) is 4.57 Å². The third kappa shape index (κ3) is 2.91. The van der Waals surface area contributed by atoms with Crippen LogP contribution in [0.1, 0.15) is 5.56 Å². The summed E-state index contributed by atoms with van der Waals surface area (Å²) in [6, 6.07) is 16.6. The number of nitrogens with one attached hydrogen (secondary N) is 1. The highest BCUT2D eigenvalue weighted by molar-refractivity contribution is 9.10. The summed E-state index contributed by atoms with van der Waals surface area (Å²) in [5, 5.41) is 3.21. The van der Waals surface area contributed by atoms with Crippen LogP contribution in [0, 0.1) is 0 Å². The molecule has 4 heteroatoms. The van der Waals surface area contributed by atoms with Crippen LogP contribution in [0.3, 0.4) is 0 Å². The van der Waals surface area contributed by atoms with Crippen LogP contribution in [0.5, 0.6) is 0 Å². The largest absolute Gasteiger partial charge is 0.316 e. The summed E-state index contributed by atoms with van der Waals surface area (Å²) in [5.74, 6) is 0. The standard InChI is InChI=1S/C17H16BrN3/c1-19-10-14-5-2-3-8-16(14)21-12-20-11-17(21)13-6-4-7-15(18)9-13/h2-9,11-12,19H,10H2,1H3. The van der Waals surface area contributed by atoms with Crippen LogP contribution in [-0.4, -0.2) is 16.6 Å². The van der Waals surface area contributed by atoms with Crippen molar-refractivity contribution in [3.8, 4) is 16.9 Å². The Morgan fingerprint density at radius 2 is 2.00 bits per heavy atom. The van der Waals surface area contributed by atoms with Gasteiger partial charge in [0, 0.05) is 16.6 Å². The lowest BCUT2D eigenvalue weighted by Gasteiger charge is -2.13. The number of hydrogen-bond acceptors (Lipinski definition) is 2. The predicted molar refractivity (Wildman–Crippen MR) is 89.5 cm³/mol. The van der Waals surface area contributed by atoms with Crippen LogP contribution in [-0.2, 0) is 6.54 Å². The van der Waals surface area contributed by atoms with Crippen LogP contribution in [0.4, 0.5) is 0 Å². The molecule has 0 unspecified atom stereocenters. The lowest BCUT2D eigenvalue weighted by atomic mass is 10.1. The van der Waals surface area contributed by atoms with E-state index in [1.807, 2.05) is 31.7 Å². The van der Waals surface area contributed by atoms with E-state index in [0.717, 1.165) is 28.0 Å². The Bertz CT molecular complexity index is 749. The molecule has 0 saturated heterocycles. The Labute approximate surface area is 132 Å². The summed E-state index contributed by atoms with van der Waals surface area (Å²) in [6.07, 6.45) is 3.77. The summed E-state index contributed by atoms with van der Waals surface area (Å²) in [7, 11) is 1.96. The van der Waals surface area contributed by atoms with Crippen molar-refractivity contribution in [3.05, 3.63) is 71.1 Å². The van der Waals surface area contributed by atoms with Gasteiger partial charge < -0.3 is 5.32 Å². The molecule has 0 amide bonds.